The van der Waals surface area contributed by atoms with Crippen LogP contribution in [0.4, 0.5) is 0 Å². The Bertz CT molecular complexity index is 1090. The number of esters is 1. The van der Waals surface area contributed by atoms with Crippen molar-refractivity contribution in [1.29, 1.82) is 0 Å². The lowest BCUT2D eigenvalue weighted by molar-refractivity contribution is -0.143. The monoisotopic (exact) mass is 424 g/mol. The van der Waals surface area contributed by atoms with Crippen LogP contribution in [0.5, 0.6) is 0 Å². The molecular formula is C23H21ClN2O4. The van der Waals surface area contributed by atoms with Crippen LogP contribution in [0, 0.1) is 0 Å². The highest BCUT2D eigenvalue weighted by atomic mass is 35.5. The van der Waals surface area contributed by atoms with Crippen molar-refractivity contribution < 1.29 is 19.1 Å². The van der Waals surface area contributed by atoms with Gasteiger partial charge in [-0.2, -0.15) is 0 Å². The molecule has 1 aliphatic heterocycles. The van der Waals surface area contributed by atoms with E-state index in [4.69, 9.17) is 16.3 Å². The molecule has 0 atom stereocenters. The molecule has 0 fully saturated rings. The molecule has 30 heavy (non-hydrogen) atoms. The van der Waals surface area contributed by atoms with E-state index in [9.17, 15) is 14.4 Å². The summed E-state index contributed by atoms with van der Waals surface area (Å²) in [6.07, 6.45) is 3.96. The molecule has 0 spiro atoms. The first-order valence-electron chi connectivity index (χ1n) is 9.91. The Balaban J connectivity index is 1.18. The summed E-state index contributed by atoms with van der Waals surface area (Å²) in [5.74, 6) is -0.931. The zero-order chi connectivity index (χ0) is 21.1. The van der Waals surface area contributed by atoms with Crippen LogP contribution in [0.25, 0.3) is 10.9 Å². The zero-order valence-corrected chi connectivity index (χ0v) is 17.1. The first-order chi connectivity index (χ1) is 14.5. The summed E-state index contributed by atoms with van der Waals surface area (Å²) in [5, 5.41) is 1.77. The van der Waals surface area contributed by atoms with Crippen LogP contribution >= 0.6 is 11.6 Å². The summed E-state index contributed by atoms with van der Waals surface area (Å²) in [4.78, 5) is 41.0. The number of halogens is 1. The Kier molecular flexibility index (Phi) is 5.86. The second kappa shape index (κ2) is 8.71. The number of H-pyrrole nitrogens is 1. The van der Waals surface area contributed by atoms with Gasteiger partial charge in [-0.25, -0.2) is 0 Å². The molecule has 154 valence electrons. The molecule has 2 heterocycles. The number of amides is 2. The van der Waals surface area contributed by atoms with Gasteiger partial charge in [0.05, 0.1) is 17.7 Å². The van der Waals surface area contributed by atoms with Gasteiger partial charge >= 0.3 is 5.97 Å². The smallest absolute Gasteiger partial charge is 0.305 e. The number of hydrogen-bond acceptors (Lipinski definition) is 4. The van der Waals surface area contributed by atoms with Gasteiger partial charge in [0.25, 0.3) is 11.8 Å². The molecule has 0 saturated carbocycles. The van der Waals surface area contributed by atoms with E-state index < -0.39 is 0 Å². The quantitative estimate of drug-likeness (QED) is 0.331. The van der Waals surface area contributed by atoms with Gasteiger partial charge in [-0.15, -0.1) is 0 Å². The minimum atomic E-state index is -0.325. The Labute approximate surface area is 178 Å². The Morgan fingerprint density at radius 1 is 1.03 bits per heavy atom. The number of nitrogens with one attached hydrogen (secondary N) is 1. The average Bonchev–Trinajstić information content (AvgIpc) is 3.25. The molecule has 2 amide bonds. The van der Waals surface area contributed by atoms with Crippen LogP contribution in [0.1, 0.15) is 45.5 Å². The number of aryl methyl sites for hydroxylation is 1. The molecule has 1 N–H and O–H groups in total. The standard InChI is InChI=1S/C23H21ClN2O4/c24-16-9-10-20-19(13-16)15(14-25-20)5-4-12-30-21(27)8-3-11-26-22(28)17-6-1-2-7-18(17)23(26)29/h1-2,6-7,9-10,13-14,25H,3-5,8,11-12H2. The van der Waals surface area contributed by atoms with Crippen LogP contribution in [0.15, 0.2) is 48.7 Å². The molecule has 7 heteroatoms. The topological polar surface area (TPSA) is 79.5 Å². The van der Waals surface area contributed by atoms with Crippen LogP contribution in [0.3, 0.4) is 0 Å². The summed E-state index contributed by atoms with van der Waals surface area (Å²) >= 11 is 6.06. The average molecular weight is 425 g/mol. The number of imide groups is 1. The molecule has 0 radical (unpaired) electrons. The van der Waals surface area contributed by atoms with Crippen molar-refractivity contribution in [2.75, 3.05) is 13.2 Å². The van der Waals surface area contributed by atoms with Crippen molar-refractivity contribution >= 4 is 40.3 Å². The van der Waals surface area contributed by atoms with Gasteiger partial charge in [-0.3, -0.25) is 19.3 Å². The van der Waals surface area contributed by atoms with Crippen LogP contribution in [-0.4, -0.2) is 40.8 Å². The van der Waals surface area contributed by atoms with Crippen molar-refractivity contribution in [1.82, 2.24) is 9.88 Å². The van der Waals surface area contributed by atoms with E-state index in [0.29, 0.717) is 35.6 Å². The molecule has 0 unspecified atom stereocenters. The fourth-order valence-corrected chi connectivity index (χ4v) is 3.87. The molecule has 0 aliphatic carbocycles. The number of rotatable bonds is 8. The third-order valence-corrected chi connectivity index (χ3v) is 5.46. The molecule has 4 rings (SSSR count). The Hall–Kier alpha value is -3.12. The lowest BCUT2D eigenvalue weighted by Crippen LogP contribution is -2.31. The fraction of sp³-hybridized carbons (Fsp3) is 0.261. The molecule has 1 aliphatic rings. The number of aromatic nitrogens is 1. The lowest BCUT2D eigenvalue weighted by atomic mass is 10.1. The number of carbonyl (C=O) groups excluding carboxylic acids is 3. The maximum absolute atomic E-state index is 12.3. The fourth-order valence-electron chi connectivity index (χ4n) is 3.70. The Morgan fingerprint density at radius 2 is 1.77 bits per heavy atom. The number of nitrogens with zero attached hydrogens (tertiary/aromatic N) is 1. The SMILES string of the molecule is O=C(CCCN1C(=O)c2ccccc2C1=O)OCCCc1c[nH]c2ccc(Cl)cc12. The van der Waals surface area contributed by atoms with Crippen molar-refractivity contribution in [2.24, 2.45) is 0 Å². The number of carbonyl (C=O) groups is 3. The van der Waals surface area contributed by atoms with Gasteiger partial charge in [-0.1, -0.05) is 23.7 Å². The first-order valence-corrected chi connectivity index (χ1v) is 10.3. The van der Waals surface area contributed by atoms with E-state index in [1.807, 2.05) is 24.4 Å². The number of benzene rings is 2. The predicted octanol–water partition coefficient (Wildman–Crippen LogP) is 4.37. The maximum atomic E-state index is 12.3. The normalized spacial score (nSPS) is 13.2. The molecule has 6 nitrogen and oxygen atoms in total. The summed E-state index contributed by atoms with van der Waals surface area (Å²) in [6.45, 7) is 0.524. The first kappa shape index (κ1) is 20.2. The van der Waals surface area contributed by atoms with Gasteiger partial charge < -0.3 is 9.72 Å². The maximum Gasteiger partial charge on any atom is 0.305 e. The van der Waals surface area contributed by atoms with E-state index in [0.717, 1.165) is 22.9 Å². The van der Waals surface area contributed by atoms with Crippen molar-refractivity contribution in [3.05, 3.63) is 70.4 Å². The Morgan fingerprint density at radius 3 is 2.50 bits per heavy atom. The number of fused-ring (bicyclic) bond motifs is 2. The molecule has 0 bridgehead atoms. The number of aromatic amines is 1. The van der Waals surface area contributed by atoms with Crippen LogP contribution in [0.2, 0.25) is 5.02 Å². The summed E-state index contributed by atoms with van der Waals surface area (Å²) in [5.41, 5.74) is 3.00. The third-order valence-electron chi connectivity index (χ3n) is 5.22. The van der Waals surface area contributed by atoms with E-state index in [2.05, 4.69) is 4.98 Å². The zero-order valence-electron chi connectivity index (χ0n) is 16.3. The predicted molar refractivity (Wildman–Crippen MR) is 114 cm³/mol. The van der Waals surface area contributed by atoms with Gasteiger partial charge in [0, 0.05) is 35.1 Å². The highest BCUT2D eigenvalue weighted by Crippen LogP contribution is 2.24. The highest BCUT2D eigenvalue weighted by molar-refractivity contribution is 6.31. The van der Waals surface area contributed by atoms with Gasteiger partial charge in [0.2, 0.25) is 0 Å². The summed E-state index contributed by atoms with van der Waals surface area (Å²) in [7, 11) is 0. The van der Waals surface area contributed by atoms with E-state index >= 15 is 0 Å². The van der Waals surface area contributed by atoms with Crippen molar-refractivity contribution in [2.45, 2.75) is 25.7 Å². The van der Waals surface area contributed by atoms with Crippen LogP contribution in [-0.2, 0) is 16.0 Å². The van der Waals surface area contributed by atoms with E-state index in [-0.39, 0.29) is 30.7 Å². The molecule has 1 aromatic heterocycles. The number of ether oxygens (including phenoxy) is 1. The van der Waals surface area contributed by atoms with E-state index in [1.165, 1.54) is 4.90 Å². The largest absolute Gasteiger partial charge is 0.466 e. The van der Waals surface area contributed by atoms with Crippen molar-refractivity contribution in [3.63, 3.8) is 0 Å². The summed E-state index contributed by atoms with van der Waals surface area (Å²) < 4.78 is 5.29. The van der Waals surface area contributed by atoms with Crippen molar-refractivity contribution in [3.8, 4) is 0 Å². The second-order valence-electron chi connectivity index (χ2n) is 7.24. The third kappa shape index (κ3) is 4.09. The summed E-state index contributed by atoms with van der Waals surface area (Å²) in [6, 6.07) is 12.5. The van der Waals surface area contributed by atoms with Gasteiger partial charge in [-0.05, 0) is 55.2 Å². The molecule has 2 aromatic carbocycles. The lowest BCUT2D eigenvalue weighted by Gasteiger charge is -2.13. The minimum Gasteiger partial charge on any atom is -0.466 e. The number of hydrogen-bond donors (Lipinski definition) is 1. The van der Waals surface area contributed by atoms with Gasteiger partial charge in [0.1, 0.15) is 0 Å². The van der Waals surface area contributed by atoms with Crippen LogP contribution < -0.4 is 0 Å². The second-order valence-corrected chi connectivity index (χ2v) is 7.68. The minimum absolute atomic E-state index is 0.163. The molecule has 3 aromatic rings. The van der Waals surface area contributed by atoms with Gasteiger partial charge in [0.15, 0.2) is 0 Å². The highest BCUT2D eigenvalue weighted by Gasteiger charge is 2.34. The molecule has 0 saturated heterocycles. The van der Waals surface area contributed by atoms with E-state index in [1.54, 1.807) is 24.3 Å². The molecular weight excluding hydrogens is 404 g/mol.